The molecule has 3 fully saturated rings. The minimum Gasteiger partial charge on any atom is -0.454 e. The molecular weight excluding hydrogens is 354 g/mol. The summed E-state index contributed by atoms with van der Waals surface area (Å²) in [5.41, 5.74) is -0.0887. The Morgan fingerprint density at radius 2 is 1.96 bits per heavy atom. The van der Waals surface area contributed by atoms with E-state index in [9.17, 15) is 14.9 Å². The summed E-state index contributed by atoms with van der Waals surface area (Å²) in [5.74, 6) is 1.02. The topological polar surface area (TPSA) is 82.9 Å². The van der Waals surface area contributed by atoms with E-state index in [1.807, 2.05) is 19.1 Å². The third-order valence-electron chi connectivity index (χ3n) is 6.09. The lowest BCUT2D eigenvalue weighted by Crippen LogP contribution is -2.60. The summed E-state index contributed by atoms with van der Waals surface area (Å²) in [6.45, 7) is 3.76. The number of thioether (sulfide) groups is 1. The number of hydrogen-bond acceptors (Lipinski definition) is 6. The fourth-order valence-corrected chi connectivity index (χ4v) is 6.67. The first-order valence-electron chi connectivity index (χ1n) is 8.40. The molecule has 4 aliphatic heterocycles. The molecule has 8 heteroatoms. The van der Waals surface area contributed by atoms with Crippen molar-refractivity contribution in [2.75, 3.05) is 13.8 Å². The molecule has 0 unspecified atom stereocenters. The van der Waals surface area contributed by atoms with E-state index in [1.54, 1.807) is 24.9 Å². The summed E-state index contributed by atoms with van der Waals surface area (Å²) in [6, 6.07) is 7.34. The van der Waals surface area contributed by atoms with Crippen LogP contribution in [0, 0.1) is 16.7 Å². The van der Waals surface area contributed by atoms with Gasteiger partial charge in [0.2, 0.25) is 6.79 Å². The number of ether oxygens (including phenoxy) is 2. The number of amides is 2. The van der Waals surface area contributed by atoms with E-state index < -0.39 is 21.2 Å². The van der Waals surface area contributed by atoms with Crippen LogP contribution < -0.4 is 9.47 Å². The molecule has 0 radical (unpaired) electrons. The predicted octanol–water partition coefficient (Wildman–Crippen LogP) is 1.85. The van der Waals surface area contributed by atoms with E-state index >= 15 is 0 Å². The highest BCUT2D eigenvalue weighted by molar-refractivity contribution is 8.04. The molecular formula is C18H17N3O4S. The van der Waals surface area contributed by atoms with Gasteiger partial charge in [0.25, 0.3) is 11.8 Å². The number of hydrogen-bond donors (Lipinski definition) is 0. The standard InChI is InChI=1S/C18H17N3O4S/c1-16(8-19)7-18-15(23)20(3)17(2,26-18)14(22)21(18)13(16)10-4-5-11-12(6-10)25-9-24-11/h4-6,13H,7,9H2,1-3H3/t13-,16+,17+,18-/m1/s1. The molecule has 4 heterocycles. The van der Waals surface area contributed by atoms with Crippen LogP contribution >= 0.6 is 11.8 Å². The monoisotopic (exact) mass is 371 g/mol. The minimum atomic E-state index is -1.01. The van der Waals surface area contributed by atoms with Gasteiger partial charge in [-0.3, -0.25) is 9.59 Å². The normalized spacial score (nSPS) is 39.5. The minimum absolute atomic E-state index is 0.102. The fourth-order valence-electron chi connectivity index (χ4n) is 4.73. The molecule has 1 spiro atoms. The summed E-state index contributed by atoms with van der Waals surface area (Å²) in [6.07, 6.45) is 0.310. The van der Waals surface area contributed by atoms with Crippen LogP contribution in [-0.2, 0) is 9.59 Å². The Kier molecular flexibility index (Phi) is 2.72. The number of piperazine rings is 1. The van der Waals surface area contributed by atoms with Crippen molar-refractivity contribution in [2.24, 2.45) is 5.41 Å². The Morgan fingerprint density at radius 1 is 1.23 bits per heavy atom. The second kappa shape index (κ2) is 4.46. The maximum atomic E-state index is 13.3. The first kappa shape index (κ1) is 15.8. The van der Waals surface area contributed by atoms with E-state index in [4.69, 9.17) is 9.47 Å². The largest absolute Gasteiger partial charge is 0.454 e. The molecule has 0 N–H and O–H groups in total. The Labute approximate surface area is 154 Å². The van der Waals surface area contributed by atoms with E-state index in [0.717, 1.165) is 5.56 Å². The number of nitriles is 1. The third kappa shape index (κ3) is 1.52. The second-order valence-corrected chi connectivity index (χ2v) is 9.30. The molecule has 1 aromatic rings. The zero-order valence-electron chi connectivity index (χ0n) is 14.6. The van der Waals surface area contributed by atoms with Gasteiger partial charge < -0.3 is 19.3 Å². The molecule has 5 rings (SSSR count). The van der Waals surface area contributed by atoms with Crippen LogP contribution in [0.4, 0.5) is 0 Å². The summed E-state index contributed by atoms with van der Waals surface area (Å²) < 4.78 is 10.8. The van der Waals surface area contributed by atoms with Crippen LogP contribution in [0.1, 0.15) is 31.9 Å². The number of benzene rings is 1. The molecule has 4 aliphatic rings. The highest BCUT2D eigenvalue weighted by atomic mass is 32.2. The first-order valence-corrected chi connectivity index (χ1v) is 9.21. The SMILES string of the molecule is CN1C(=O)[C@]23C[C@@](C)(C#N)[C@@H](c4ccc5c(c4)OCO5)N2C(=O)[C@]1(C)S3. The van der Waals surface area contributed by atoms with Gasteiger partial charge >= 0.3 is 0 Å². The fraction of sp³-hybridized carbons (Fsp3) is 0.500. The van der Waals surface area contributed by atoms with Gasteiger partial charge in [-0.1, -0.05) is 17.8 Å². The molecule has 3 saturated heterocycles. The summed E-state index contributed by atoms with van der Waals surface area (Å²) in [7, 11) is 1.66. The van der Waals surface area contributed by atoms with Crippen LogP contribution in [-0.4, -0.2) is 45.2 Å². The maximum Gasteiger partial charge on any atom is 0.261 e. The average Bonchev–Trinajstić information content (AvgIpc) is 3.28. The van der Waals surface area contributed by atoms with Crippen molar-refractivity contribution < 1.29 is 19.1 Å². The zero-order valence-corrected chi connectivity index (χ0v) is 15.4. The van der Waals surface area contributed by atoms with Gasteiger partial charge in [0.05, 0.1) is 17.5 Å². The van der Waals surface area contributed by atoms with Gasteiger partial charge in [-0.15, -0.1) is 0 Å². The Hall–Kier alpha value is -2.40. The van der Waals surface area contributed by atoms with Crippen LogP contribution in [0.2, 0.25) is 0 Å². The van der Waals surface area contributed by atoms with Gasteiger partial charge in [0.1, 0.15) is 0 Å². The van der Waals surface area contributed by atoms with Crippen molar-refractivity contribution in [1.82, 2.24) is 9.80 Å². The van der Waals surface area contributed by atoms with Crippen LogP contribution in [0.25, 0.3) is 0 Å². The van der Waals surface area contributed by atoms with Crippen LogP contribution in [0.15, 0.2) is 18.2 Å². The number of likely N-dealkylation sites (N-methyl/N-ethyl adjacent to an activating group) is 1. The molecule has 4 atom stereocenters. The highest BCUT2D eigenvalue weighted by Crippen LogP contribution is 2.69. The molecule has 0 aliphatic carbocycles. The molecule has 7 nitrogen and oxygen atoms in total. The Bertz CT molecular complexity index is 930. The molecule has 0 saturated carbocycles. The number of carbonyl (C=O) groups is 2. The zero-order chi connectivity index (χ0) is 18.5. The van der Waals surface area contributed by atoms with Crippen LogP contribution in [0.3, 0.4) is 0 Å². The number of rotatable bonds is 1. The number of fused-ring (bicyclic) bond motifs is 2. The Morgan fingerprint density at radius 3 is 2.69 bits per heavy atom. The predicted molar refractivity (Wildman–Crippen MR) is 92.0 cm³/mol. The lowest BCUT2D eigenvalue weighted by molar-refractivity contribution is -0.159. The summed E-state index contributed by atoms with van der Waals surface area (Å²) in [4.78, 5) is 27.6. The number of carbonyl (C=O) groups excluding carboxylic acids is 2. The van der Waals surface area contributed by atoms with Gasteiger partial charge in [0.15, 0.2) is 21.2 Å². The van der Waals surface area contributed by atoms with E-state index in [1.165, 1.54) is 16.7 Å². The second-order valence-electron chi connectivity index (χ2n) is 7.63. The van der Waals surface area contributed by atoms with Crippen molar-refractivity contribution in [3.05, 3.63) is 23.8 Å². The van der Waals surface area contributed by atoms with Gasteiger partial charge in [-0.2, -0.15) is 5.26 Å². The van der Waals surface area contributed by atoms with Gasteiger partial charge in [0, 0.05) is 13.5 Å². The molecule has 26 heavy (non-hydrogen) atoms. The summed E-state index contributed by atoms with van der Waals surface area (Å²) >= 11 is 1.36. The molecule has 0 aromatic heterocycles. The maximum absolute atomic E-state index is 13.3. The van der Waals surface area contributed by atoms with Crippen molar-refractivity contribution in [2.45, 2.75) is 36.1 Å². The molecule has 2 bridgehead atoms. The summed E-state index contributed by atoms with van der Waals surface area (Å²) in [5, 5.41) is 9.95. The highest BCUT2D eigenvalue weighted by Gasteiger charge is 2.78. The first-order chi connectivity index (χ1) is 12.3. The van der Waals surface area contributed by atoms with Gasteiger partial charge in [-0.05, 0) is 31.5 Å². The van der Waals surface area contributed by atoms with E-state index in [-0.39, 0.29) is 18.6 Å². The Balaban J connectivity index is 1.69. The van der Waals surface area contributed by atoms with Crippen molar-refractivity contribution in [3.63, 3.8) is 0 Å². The van der Waals surface area contributed by atoms with Crippen molar-refractivity contribution in [1.29, 1.82) is 5.26 Å². The smallest absolute Gasteiger partial charge is 0.261 e. The van der Waals surface area contributed by atoms with Crippen molar-refractivity contribution in [3.8, 4) is 17.6 Å². The van der Waals surface area contributed by atoms with Crippen LogP contribution in [0.5, 0.6) is 11.5 Å². The molecule has 1 aromatic carbocycles. The van der Waals surface area contributed by atoms with E-state index in [0.29, 0.717) is 17.9 Å². The van der Waals surface area contributed by atoms with E-state index in [2.05, 4.69) is 6.07 Å². The third-order valence-corrected chi connectivity index (χ3v) is 7.79. The lowest BCUT2D eigenvalue weighted by atomic mass is 9.79. The quantitative estimate of drug-likeness (QED) is 0.749. The number of nitrogens with zero attached hydrogens (tertiary/aromatic N) is 3. The van der Waals surface area contributed by atoms with Gasteiger partial charge in [-0.25, -0.2) is 0 Å². The molecule has 2 amide bonds. The average molecular weight is 371 g/mol. The molecule has 134 valence electrons. The lowest BCUT2D eigenvalue weighted by Gasteiger charge is -2.40. The van der Waals surface area contributed by atoms with Crippen molar-refractivity contribution >= 4 is 23.6 Å².